The molecular formula is C11H8BrN3O3. The summed E-state index contributed by atoms with van der Waals surface area (Å²) in [7, 11) is 0. The topological polar surface area (TPSA) is 89.0 Å². The van der Waals surface area contributed by atoms with Gasteiger partial charge in [0, 0.05) is 18.5 Å². The highest BCUT2D eigenvalue weighted by Gasteiger charge is 2.29. The van der Waals surface area contributed by atoms with Gasteiger partial charge in [-0.2, -0.15) is 0 Å². The summed E-state index contributed by atoms with van der Waals surface area (Å²) >= 11 is 3.07. The van der Waals surface area contributed by atoms with E-state index in [4.69, 9.17) is 0 Å². The monoisotopic (exact) mass is 309 g/mol. The number of halogens is 1. The number of Topliss-reactive ketones (excluding diaryl/α,β-unsaturated/α-hetero) is 1. The van der Waals surface area contributed by atoms with E-state index >= 15 is 0 Å². The van der Waals surface area contributed by atoms with Crippen molar-refractivity contribution in [1.82, 2.24) is 15.3 Å². The highest BCUT2D eigenvalue weighted by Crippen LogP contribution is 2.16. The van der Waals surface area contributed by atoms with Gasteiger partial charge in [0.2, 0.25) is 17.5 Å². The lowest BCUT2D eigenvalue weighted by atomic mass is 10.0. The van der Waals surface area contributed by atoms with Gasteiger partial charge >= 0.3 is 0 Å². The molecule has 0 fully saturated rings. The largest absolute Gasteiger partial charge is 0.322 e. The van der Waals surface area contributed by atoms with Crippen LogP contribution in [0.4, 0.5) is 0 Å². The standard InChI is InChI=1S/C11H8BrN3O3/c1-5(12)11(18)15-6-4-7(16)8-9(10(6)17)14-3-2-13-8/h2-5H,1H3,(H,15,18). The maximum Gasteiger partial charge on any atom is 0.237 e. The zero-order valence-corrected chi connectivity index (χ0v) is 10.9. The van der Waals surface area contributed by atoms with Gasteiger partial charge in [-0.3, -0.25) is 14.4 Å². The maximum atomic E-state index is 12.0. The molecule has 0 aromatic carbocycles. The Bertz CT molecular complexity index is 581. The highest BCUT2D eigenvalue weighted by atomic mass is 79.9. The second-order valence-corrected chi connectivity index (χ2v) is 4.98. The molecule has 7 heteroatoms. The fraction of sp³-hybridized carbons (Fsp3) is 0.182. The zero-order chi connectivity index (χ0) is 13.3. The predicted molar refractivity (Wildman–Crippen MR) is 65.3 cm³/mol. The third-order valence-electron chi connectivity index (χ3n) is 2.29. The first-order valence-electron chi connectivity index (χ1n) is 5.07. The number of alkyl halides is 1. The average molecular weight is 310 g/mol. The fourth-order valence-corrected chi connectivity index (χ4v) is 1.52. The summed E-state index contributed by atoms with van der Waals surface area (Å²) in [4.78, 5) is 42.3. The molecule has 1 N–H and O–H groups in total. The van der Waals surface area contributed by atoms with Crippen molar-refractivity contribution in [2.24, 2.45) is 0 Å². The van der Waals surface area contributed by atoms with Crippen LogP contribution in [0.15, 0.2) is 24.2 Å². The van der Waals surface area contributed by atoms with Gasteiger partial charge in [-0.1, -0.05) is 15.9 Å². The second-order valence-electron chi connectivity index (χ2n) is 3.61. The molecule has 1 aromatic heterocycles. The van der Waals surface area contributed by atoms with Crippen molar-refractivity contribution in [3.8, 4) is 0 Å². The third-order valence-corrected chi connectivity index (χ3v) is 2.70. The van der Waals surface area contributed by atoms with Crippen LogP contribution in [0, 0.1) is 0 Å². The number of aromatic nitrogens is 2. The minimum atomic E-state index is -0.515. The van der Waals surface area contributed by atoms with Gasteiger partial charge in [0.15, 0.2) is 0 Å². The van der Waals surface area contributed by atoms with Crippen LogP contribution in [0.3, 0.4) is 0 Å². The zero-order valence-electron chi connectivity index (χ0n) is 9.31. The third kappa shape index (κ3) is 2.21. The summed E-state index contributed by atoms with van der Waals surface area (Å²) in [5.74, 6) is -1.37. The smallest absolute Gasteiger partial charge is 0.237 e. The van der Waals surface area contributed by atoms with E-state index in [1.54, 1.807) is 6.92 Å². The van der Waals surface area contributed by atoms with Gasteiger partial charge in [0.1, 0.15) is 11.4 Å². The van der Waals surface area contributed by atoms with E-state index < -0.39 is 22.3 Å². The van der Waals surface area contributed by atoms with Gasteiger partial charge in [0.05, 0.1) is 10.5 Å². The Balaban J connectivity index is 2.34. The molecule has 0 aliphatic heterocycles. The molecule has 2 rings (SSSR count). The molecule has 6 nitrogen and oxygen atoms in total. The molecule has 0 saturated carbocycles. The number of carbonyl (C=O) groups excluding carboxylic acids is 3. The van der Waals surface area contributed by atoms with Crippen LogP contribution in [-0.2, 0) is 4.79 Å². The summed E-state index contributed by atoms with van der Waals surface area (Å²) in [6.07, 6.45) is 3.72. The van der Waals surface area contributed by atoms with E-state index in [0.717, 1.165) is 6.08 Å². The molecule has 0 bridgehead atoms. The molecule has 1 aliphatic rings. The molecule has 1 aliphatic carbocycles. The Morgan fingerprint density at radius 2 is 1.89 bits per heavy atom. The van der Waals surface area contributed by atoms with Crippen molar-refractivity contribution in [3.05, 3.63) is 35.6 Å². The number of allylic oxidation sites excluding steroid dienone is 2. The number of carbonyl (C=O) groups is 3. The molecule has 1 unspecified atom stereocenters. The van der Waals surface area contributed by atoms with Crippen LogP contribution >= 0.6 is 15.9 Å². The lowest BCUT2D eigenvalue weighted by molar-refractivity contribution is -0.119. The van der Waals surface area contributed by atoms with E-state index in [2.05, 4.69) is 31.2 Å². The lowest BCUT2D eigenvalue weighted by Crippen LogP contribution is -2.35. The number of hydrogen-bond acceptors (Lipinski definition) is 5. The molecule has 0 spiro atoms. The number of fused-ring (bicyclic) bond motifs is 1. The number of amides is 1. The van der Waals surface area contributed by atoms with Crippen LogP contribution in [0.1, 0.15) is 27.9 Å². The van der Waals surface area contributed by atoms with Crippen molar-refractivity contribution >= 4 is 33.4 Å². The summed E-state index contributed by atoms with van der Waals surface area (Å²) in [6.45, 7) is 1.61. The lowest BCUT2D eigenvalue weighted by Gasteiger charge is -2.14. The minimum Gasteiger partial charge on any atom is -0.322 e. The summed E-state index contributed by atoms with van der Waals surface area (Å²) < 4.78 is 0. The first-order chi connectivity index (χ1) is 8.50. The predicted octanol–water partition coefficient (Wildman–Crippen LogP) is 0.639. The molecule has 18 heavy (non-hydrogen) atoms. The molecule has 1 amide bonds. The Kier molecular flexibility index (Phi) is 3.33. The van der Waals surface area contributed by atoms with Gasteiger partial charge in [-0.25, -0.2) is 9.97 Å². The average Bonchev–Trinajstić information content (AvgIpc) is 2.35. The summed E-state index contributed by atoms with van der Waals surface area (Å²) in [5, 5.41) is 2.38. The van der Waals surface area contributed by atoms with Gasteiger partial charge < -0.3 is 5.32 Å². The van der Waals surface area contributed by atoms with Crippen LogP contribution in [0.25, 0.3) is 0 Å². The number of rotatable bonds is 2. The number of ketones is 2. The normalized spacial score (nSPS) is 15.8. The quantitative estimate of drug-likeness (QED) is 0.810. The van der Waals surface area contributed by atoms with Crippen LogP contribution in [-0.4, -0.2) is 32.3 Å². The molecule has 0 radical (unpaired) electrons. The van der Waals surface area contributed by atoms with Crippen molar-refractivity contribution in [2.75, 3.05) is 0 Å². The molecule has 1 heterocycles. The van der Waals surface area contributed by atoms with Gasteiger partial charge in [0.25, 0.3) is 0 Å². The maximum absolute atomic E-state index is 12.0. The van der Waals surface area contributed by atoms with E-state index in [1.807, 2.05) is 0 Å². The molecular weight excluding hydrogens is 302 g/mol. The van der Waals surface area contributed by atoms with Crippen LogP contribution in [0.5, 0.6) is 0 Å². The number of nitrogens with one attached hydrogen (secondary N) is 1. The SMILES string of the molecule is CC(Br)C(=O)NC1=CC(=O)c2nccnc2C1=O. The highest BCUT2D eigenvalue weighted by molar-refractivity contribution is 9.10. The summed E-state index contributed by atoms with van der Waals surface area (Å²) in [6, 6.07) is 0. The first-order valence-corrected chi connectivity index (χ1v) is 5.99. The van der Waals surface area contributed by atoms with Crippen LogP contribution < -0.4 is 5.32 Å². The van der Waals surface area contributed by atoms with Crippen molar-refractivity contribution in [3.63, 3.8) is 0 Å². The molecule has 0 saturated heterocycles. The van der Waals surface area contributed by atoms with Gasteiger partial charge in [-0.05, 0) is 6.92 Å². The van der Waals surface area contributed by atoms with Gasteiger partial charge in [-0.15, -0.1) is 0 Å². The van der Waals surface area contributed by atoms with E-state index in [9.17, 15) is 14.4 Å². The summed E-state index contributed by atoms with van der Waals surface area (Å²) in [5.41, 5.74) is -0.112. The molecule has 1 atom stereocenters. The number of hydrogen-bond donors (Lipinski definition) is 1. The van der Waals surface area contributed by atoms with E-state index in [0.29, 0.717) is 0 Å². The second kappa shape index (κ2) is 4.77. The first kappa shape index (κ1) is 12.6. The molecule has 92 valence electrons. The van der Waals surface area contributed by atoms with E-state index in [-0.39, 0.29) is 17.1 Å². The minimum absolute atomic E-state index is 0.00684. The molecule has 1 aromatic rings. The Hall–Kier alpha value is -1.89. The Labute approximate surface area is 111 Å². The van der Waals surface area contributed by atoms with Crippen molar-refractivity contribution in [2.45, 2.75) is 11.8 Å². The Morgan fingerprint density at radius 3 is 2.50 bits per heavy atom. The van der Waals surface area contributed by atoms with Crippen molar-refractivity contribution < 1.29 is 14.4 Å². The Morgan fingerprint density at radius 1 is 1.28 bits per heavy atom. The van der Waals surface area contributed by atoms with Crippen LogP contribution in [0.2, 0.25) is 0 Å². The van der Waals surface area contributed by atoms with E-state index in [1.165, 1.54) is 12.4 Å². The number of nitrogens with zero attached hydrogens (tertiary/aromatic N) is 2. The van der Waals surface area contributed by atoms with Crippen molar-refractivity contribution in [1.29, 1.82) is 0 Å². The fourth-order valence-electron chi connectivity index (χ4n) is 1.40.